The number of fused-ring (bicyclic) bond motifs is 1. The molecule has 0 aliphatic carbocycles. The van der Waals surface area contributed by atoms with Crippen molar-refractivity contribution in [2.75, 3.05) is 19.1 Å². The molecule has 2 N–H and O–H groups in total. The standard InChI is InChI=1S/C17H20N2O/c1-20-16-6-2-4-13(12-16)10-14-7-8-17-15(11-14)5-3-9-18-19-17/h2,4,6-8,11-12,18-19H,3,5,9-10H2,1H3. The molecule has 20 heavy (non-hydrogen) atoms. The Kier molecular flexibility index (Phi) is 3.88. The average molecular weight is 268 g/mol. The maximum atomic E-state index is 5.28. The Hall–Kier alpha value is -2.00. The third-order valence-electron chi connectivity index (χ3n) is 3.68. The summed E-state index contributed by atoms with van der Waals surface area (Å²) in [6.45, 7) is 1.01. The number of nitrogens with one attached hydrogen (secondary N) is 2. The number of anilines is 1. The van der Waals surface area contributed by atoms with Crippen LogP contribution in [-0.2, 0) is 12.8 Å². The van der Waals surface area contributed by atoms with Gasteiger partial charge in [0, 0.05) is 6.54 Å². The van der Waals surface area contributed by atoms with Crippen molar-refractivity contribution in [1.82, 2.24) is 5.43 Å². The molecule has 1 aliphatic heterocycles. The molecule has 0 saturated carbocycles. The number of benzene rings is 2. The van der Waals surface area contributed by atoms with E-state index in [4.69, 9.17) is 4.74 Å². The third-order valence-corrected chi connectivity index (χ3v) is 3.68. The predicted octanol–water partition coefficient (Wildman–Crippen LogP) is 3.15. The summed E-state index contributed by atoms with van der Waals surface area (Å²) < 4.78 is 5.28. The highest BCUT2D eigenvalue weighted by molar-refractivity contribution is 5.53. The van der Waals surface area contributed by atoms with E-state index in [0.717, 1.165) is 25.1 Å². The molecule has 2 aromatic carbocycles. The molecule has 0 bridgehead atoms. The molecular weight excluding hydrogens is 248 g/mol. The van der Waals surface area contributed by atoms with Crippen LogP contribution in [0.5, 0.6) is 5.75 Å². The van der Waals surface area contributed by atoms with Crippen molar-refractivity contribution in [2.45, 2.75) is 19.3 Å². The molecular formula is C17H20N2O. The van der Waals surface area contributed by atoms with Crippen LogP contribution >= 0.6 is 0 Å². The number of methoxy groups -OCH3 is 1. The zero-order valence-electron chi connectivity index (χ0n) is 11.8. The first-order chi connectivity index (χ1) is 9.85. The van der Waals surface area contributed by atoms with Crippen molar-refractivity contribution in [3.05, 3.63) is 59.2 Å². The Bertz CT molecular complexity index is 595. The minimum absolute atomic E-state index is 0.920. The van der Waals surface area contributed by atoms with Gasteiger partial charge in [-0.2, -0.15) is 0 Å². The Morgan fingerprint density at radius 2 is 2.00 bits per heavy atom. The molecule has 0 radical (unpaired) electrons. The van der Waals surface area contributed by atoms with Crippen LogP contribution in [-0.4, -0.2) is 13.7 Å². The summed E-state index contributed by atoms with van der Waals surface area (Å²) >= 11 is 0. The highest BCUT2D eigenvalue weighted by Gasteiger charge is 2.08. The minimum atomic E-state index is 0.920. The lowest BCUT2D eigenvalue weighted by Gasteiger charge is -2.10. The fourth-order valence-corrected chi connectivity index (χ4v) is 2.63. The second-order valence-electron chi connectivity index (χ2n) is 5.18. The van der Waals surface area contributed by atoms with E-state index in [1.807, 2.05) is 12.1 Å². The van der Waals surface area contributed by atoms with Crippen molar-refractivity contribution < 1.29 is 4.74 Å². The van der Waals surface area contributed by atoms with Crippen LogP contribution in [0.15, 0.2) is 42.5 Å². The van der Waals surface area contributed by atoms with Gasteiger partial charge in [0.25, 0.3) is 0 Å². The van der Waals surface area contributed by atoms with Gasteiger partial charge >= 0.3 is 0 Å². The Morgan fingerprint density at radius 3 is 2.90 bits per heavy atom. The van der Waals surface area contributed by atoms with Gasteiger partial charge in [0.15, 0.2) is 0 Å². The van der Waals surface area contributed by atoms with Crippen LogP contribution in [0.3, 0.4) is 0 Å². The van der Waals surface area contributed by atoms with Crippen LogP contribution in [0.25, 0.3) is 0 Å². The first-order valence-corrected chi connectivity index (χ1v) is 7.09. The Labute approximate surface area is 119 Å². The summed E-state index contributed by atoms with van der Waals surface area (Å²) in [5, 5.41) is 0. The molecule has 1 aliphatic rings. The van der Waals surface area contributed by atoms with E-state index in [-0.39, 0.29) is 0 Å². The molecule has 0 fully saturated rings. The zero-order chi connectivity index (χ0) is 13.8. The summed E-state index contributed by atoms with van der Waals surface area (Å²) in [7, 11) is 1.71. The topological polar surface area (TPSA) is 33.3 Å². The highest BCUT2D eigenvalue weighted by atomic mass is 16.5. The quantitative estimate of drug-likeness (QED) is 0.897. The molecule has 104 valence electrons. The Morgan fingerprint density at radius 1 is 1.10 bits per heavy atom. The fraction of sp³-hybridized carbons (Fsp3) is 0.294. The van der Waals surface area contributed by atoms with Crippen LogP contribution < -0.4 is 15.6 Å². The van der Waals surface area contributed by atoms with Gasteiger partial charge in [-0.3, -0.25) is 0 Å². The second-order valence-corrected chi connectivity index (χ2v) is 5.18. The van der Waals surface area contributed by atoms with Gasteiger partial charge in [-0.05, 0) is 54.2 Å². The van der Waals surface area contributed by atoms with Crippen molar-refractivity contribution in [3.8, 4) is 5.75 Å². The van der Waals surface area contributed by atoms with Gasteiger partial charge in [0.2, 0.25) is 0 Å². The molecule has 0 spiro atoms. The van der Waals surface area contributed by atoms with Crippen molar-refractivity contribution in [1.29, 1.82) is 0 Å². The van der Waals surface area contributed by atoms with Crippen molar-refractivity contribution in [3.63, 3.8) is 0 Å². The summed E-state index contributed by atoms with van der Waals surface area (Å²) in [6, 6.07) is 15.0. The minimum Gasteiger partial charge on any atom is -0.497 e. The first kappa shape index (κ1) is 13.0. The van der Waals surface area contributed by atoms with Gasteiger partial charge in [-0.15, -0.1) is 0 Å². The number of hydrazine groups is 1. The largest absolute Gasteiger partial charge is 0.497 e. The number of ether oxygens (including phenoxy) is 1. The normalized spacial score (nSPS) is 14.1. The third kappa shape index (κ3) is 2.94. The van der Waals surface area contributed by atoms with Gasteiger partial charge in [-0.1, -0.05) is 24.3 Å². The summed E-state index contributed by atoms with van der Waals surface area (Å²) in [5.41, 5.74) is 11.7. The number of hydrogen-bond acceptors (Lipinski definition) is 3. The monoisotopic (exact) mass is 268 g/mol. The molecule has 0 atom stereocenters. The SMILES string of the molecule is COc1cccc(Cc2ccc3c(c2)CCCNN3)c1. The number of aryl methyl sites for hydroxylation is 1. The highest BCUT2D eigenvalue weighted by Crippen LogP contribution is 2.23. The summed E-state index contributed by atoms with van der Waals surface area (Å²) in [4.78, 5) is 0. The van der Waals surface area contributed by atoms with E-state index in [1.54, 1.807) is 7.11 Å². The molecule has 3 rings (SSSR count). The Balaban J connectivity index is 1.82. The van der Waals surface area contributed by atoms with Crippen molar-refractivity contribution >= 4 is 5.69 Å². The second kappa shape index (κ2) is 5.97. The lowest BCUT2D eigenvalue weighted by atomic mass is 9.99. The maximum Gasteiger partial charge on any atom is 0.119 e. The van der Waals surface area contributed by atoms with Crippen LogP contribution in [0.2, 0.25) is 0 Å². The lowest BCUT2D eigenvalue weighted by Crippen LogP contribution is -2.20. The van der Waals surface area contributed by atoms with E-state index < -0.39 is 0 Å². The number of hydrogen-bond donors (Lipinski definition) is 2. The van der Waals surface area contributed by atoms with Gasteiger partial charge in [0.1, 0.15) is 5.75 Å². The number of rotatable bonds is 3. The molecule has 0 aromatic heterocycles. The van der Waals surface area contributed by atoms with Crippen LogP contribution in [0.1, 0.15) is 23.1 Å². The molecule has 0 unspecified atom stereocenters. The van der Waals surface area contributed by atoms with Crippen molar-refractivity contribution in [2.24, 2.45) is 0 Å². The van der Waals surface area contributed by atoms with E-state index >= 15 is 0 Å². The van der Waals surface area contributed by atoms with E-state index in [9.17, 15) is 0 Å². The van der Waals surface area contributed by atoms with Gasteiger partial charge in [-0.25, -0.2) is 5.43 Å². The van der Waals surface area contributed by atoms with Crippen LogP contribution in [0.4, 0.5) is 5.69 Å². The summed E-state index contributed by atoms with van der Waals surface area (Å²) in [5.74, 6) is 0.920. The molecule has 3 heteroatoms. The van der Waals surface area contributed by atoms with E-state index in [2.05, 4.69) is 41.2 Å². The smallest absolute Gasteiger partial charge is 0.119 e. The lowest BCUT2D eigenvalue weighted by molar-refractivity contribution is 0.414. The van der Waals surface area contributed by atoms with Gasteiger partial charge in [0.05, 0.1) is 12.8 Å². The average Bonchev–Trinajstić information content (AvgIpc) is 2.72. The fourth-order valence-electron chi connectivity index (χ4n) is 2.63. The molecule has 0 saturated heterocycles. The van der Waals surface area contributed by atoms with Crippen LogP contribution in [0, 0.1) is 0 Å². The van der Waals surface area contributed by atoms with Gasteiger partial charge < -0.3 is 10.2 Å². The predicted molar refractivity (Wildman–Crippen MR) is 82.2 cm³/mol. The van der Waals surface area contributed by atoms with E-state index in [0.29, 0.717) is 0 Å². The molecule has 2 aromatic rings. The summed E-state index contributed by atoms with van der Waals surface area (Å²) in [6.07, 6.45) is 3.24. The molecule has 0 amide bonds. The molecule has 1 heterocycles. The zero-order valence-corrected chi connectivity index (χ0v) is 11.8. The maximum absolute atomic E-state index is 5.28. The first-order valence-electron chi connectivity index (χ1n) is 7.09. The van der Waals surface area contributed by atoms with E-state index in [1.165, 1.54) is 28.8 Å². The molecule has 3 nitrogen and oxygen atoms in total.